The molecule has 9 heteroatoms. The van der Waals surface area contributed by atoms with Crippen LogP contribution in [0.4, 0.5) is 5.13 Å². The number of fused-ring (bicyclic) bond motifs is 1. The second-order valence-electron chi connectivity index (χ2n) is 6.91. The van der Waals surface area contributed by atoms with Gasteiger partial charge in [0.15, 0.2) is 5.13 Å². The number of morpholine rings is 1. The first-order chi connectivity index (χ1) is 14.7. The van der Waals surface area contributed by atoms with Gasteiger partial charge in [0.25, 0.3) is 5.91 Å². The number of halogens is 1. The summed E-state index contributed by atoms with van der Waals surface area (Å²) >= 11 is 4.87. The van der Waals surface area contributed by atoms with Gasteiger partial charge in [-0.2, -0.15) is 0 Å². The van der Waals surface area contributed by atoms with Crippen LogP contribution < -0.4 is 4.90 Å². The van der Waals surface area contributed by atoms with Gasteiger partial charge in [-0.3, -0.25) is 14.6 Å². The maximum atomic E-state index is 13.7. The van der Waals surface area contributed by atoms with Crippen molar-refractivity contribution in [3.63, 3.8) is 0 Å². The molecule has 0 unspecified atom stereocenters. The molecule has 3 aromatic rings. The Morgan fingerprint density at radius 1 is 1.10 bits per heavy atom. The Bertz CT molecular complexity index is 1020. The van der Waals surface area contributed by atoms with Gasteiger partial charge in [0.1, 0.15) is 0 Å². The summed E-state index contributed by atoms with van der Waals surface area (Å²) in [5, 5.41) is 0.765. The summed E-state index contributed by atoms with van der Waals surface area (Å²) < 4.78 is 6.58. The van der Waals surface area contributed by atoms with Crippen LogP contribution in [0.3, 0.4) is 0 Å². The zero-order chi connectivity index (χ0) is 20.9. The molecule has 1 aliphatic rings. The number of anilines is 1. The number of benzene rings is 2. The van der Waals surface area contributed by atoms with Crippen LogP contribution in [0.15, 0.2) is 52.3 Å². The molecule has 1 saturated heterocycles. The van der Waals surface area contributed by atoms with E-state index in [0.29, 0.717) is 6.54 Å². The largest absolute Gasteiger partial charge is 0.379 e. The van der Waals surface area contributed by atoms with Gasteiger partial charge in [0.2, 0.25) is 0 Å². The zero-order valence-electron chi connectivity index (χ0n) is 17.6. The lowest BCUT2D eigenvalue weighted by Crippen LogP contribution is -2.43. The van der Waals surface area contributed by atoms with Gasteiger partial charge < -0.3 is 4.74 Å². The monoisotopic (exact) mass is 495 g/mol. The molecule has 0 radical (unpaired) electrons. The van der Waals surface area contributed by atoms with Gasteiger partial charge >= 0.3 is 0 Å². The molecule has 1 amide bonds. The Kier molecular flexibility index (Phi) is 9.06. The van der Waals surface area contributed by atoms with Crippen molar-refractivity contribution in [1.82, 2.24) is 9.88 Å². The van der Waals surface area contributed by atoms with Gasteiger partial charge in [-0.15, -0.1) is 35.9 Å². The van der Waals surface area contributed by atoms with Crippen molar-refractivity contribution in [3.05, 3.63) is 48.0 Å². The summed E-state index contributed by atoms with van der Waals surface area (Å²) in [6.07, 6.45) is 4.07. The molecule has 2 aromatic carbocycles. The minimum atomic E-state index is 0. The number of thioether (sulfide) groups is 2. The van der Waals surface area contributed by atoms with Crippen LogP contribution in [0.2, 0.25) is 0 Å². The molecule has 4 rings (SSSR count). The molecular formula is C22H26ClN3O2S3. The lowest BCUT2D eigenvalue weighted by molar-refractivity contribution is 0.0391. The number of thiazole rings is 1. The van der Waals surface area contributed by atoms with Crippen LogP contribution in [-0.4, -0.2) is 67.7 Å². The van der Waals surface area contributed by atoms with E-state index in [0.717, 1.165) is 63.6 Å². The Balaban J connectivity index is 0.00000272. The first kappa shape index (κ1) is 24.4. The number of carbonyl (C=O) groups is 1. The number of hydrogen-bond acceptors (Lipinski definition) is 7. The number of aromatic nitrogens is 1. The number of rotatable bonds is 7. The van der Waals surface area contributed by atoms with Gasteiger partial charge in [-0.1, -0.05) is 29.5 Å². The van der Waals surface area contributed by atoms with Crippen LogP contribution in [0, 0.1) is 0 Å². The molecular weight excluding hydrogens is 470 g/mol. The minimum absolute atomic E-state index is 0. The van der Waals surface area contributed by atoms with Gasteiger partial charge in [-0.25, -0.2) is 4.98 Å². The lowest BCUT2D eigenvalue weighted by atomic mass is 10.2. The smallest absolute Gasteiger partial charge is 0.261 e. The summed E-state index contributed by atoms with van der Waals surface area (Å²) in [6.45, 7) is 4.72. The van der Waals surface area contributed by atoms with Crippen molar-refractivity contribution < 1.29 is 9.53 Å². The Morgan fingerprint density at radius 2 is 1.81 bits per heavy atom. The number of carbonyl (C=O) groups excluding carboxylic acids is 1. The molecule has 0 bridgehead atoms. The summed E-state index contributed by atoms with van der Waals surface area (Å²) in [7, 11) is 0. The third-order valence-corrected chi connectivity index (χ3v) is 7.76. The van der Waals surface area contributed by atoms with Gasteiger partial charge in [0, 0.05) is 36.0 Å². The molecule has 1 aliphatic heterocycles. The highest BCUT2D eigenvalue weighted by Gasteiger charge is 2.24. The van der Waals surface area contributed by atoms with Crippen molar-refractivity contribution in [2.45, 2.75) is 9.79 Å². The first-order valence-electron chi connectivity index (χ1n) is 9.90. The second kappa shape index (κ2) is 11.5. The molecule has 5 nitrogen and oxygen atoms in total. The normalized spacial score (nSPS) is 14.4. The van der Waals surface area contributed by atoms with Gasteiger partial charge in [0.05, 0.1) is 29.0 Å². The van der Waals surface area contributed by atoms with E-state index >= 15 is 0 Å². The quantitative estimate of drug-likeness (QED) is 0.423. The third-order valence-electron chi connectivity index (χ3n) is 5.15. The maximum absolute atomic E-state index is 13.7. The minimum Gasteiger partial charge on any atom is -0.379 e. The second-order valence-corrected chi connectivity index (χ2v) is 9.62. The van der Waals surface area contributed by atoms with E-state index < -0.39 is 0 Å². The van der Waals surface area contributed by atoms with E-state index in [1.165, 1.54) is 0 Å². The Morgan fingerprint density at radius 3 is 2.55 bits per heavy atom. The van der Waals surface area contributed by atoms with E-state index in [4.69, 9.17) is 9.72 Å². The lowest BCUT2D eigenvalue weighted by Gasteiger charge is -2.29. The number of hydrogen-bond donors (Lipinski definition) is 0. The van der Waals surface area contributed by atoms with Crippen molar-refractivity contribution in [1.29, 1.82) is 0 Å². The van der Waals surface area contributed by atoms with Crippen molar-refractivity contribution in [2.24, 2.45) is 0 Å². The summed E-state index contributed by atoms with van der Waals surface area (Å²) in [6, 6.07) is 14.0. The zero-order valence-corrected chi connectivity index (χ0v) is 20.8. The predicted octanol–water partition coefficient (Wildman–Crippen LogP) is 5.14. The van der Waals surface area contributed by atoms with E-state index in [9.17, 15) is 4.79 Å². The van der Waals surface area contributed by atoms with E-state index in [1.54, 1.807) is 34.9 Å². The number of ether oxygens (including phenoxy) is 1. The van der Waals surface area contributed by atoms with Crippen LogP contribution in [0.5, 0.6) is 0 Å². The summed E-state index contributed by atoms with van der Waals surface area (Å²) in [5.74, 6) is 0.0120. The molecule has 0 atom stereocenters. The molecule has 0 saturated carbocycles. The van der Waals surface area contributed by atoms with Crippen LogP contribution in [0.1, 0.15) is 10.4 Å². The topological polar surface area (TPSA) is 45.7 Å². The number of para-hydroxylation sites is 1. The fourth-order valence-electron chi connectivity index (χ4n) is 3.51. The highest BCUT2D eigenvalue weighted by Crippen LogP contribution is 2.35. The van der Waals surface area contributed by atoms with Crippen molar-refractivity contribution in [2.75, 3.05) is 56.8 Å². The Labute approximate surface area is 202 Å². The highest BCUT2D eigenvalue weighted by atomic mass is 35.5. The standard InChI is InChI=1S/C22H25N3O2S3.ClH/c1-28-17-7-4-3-6-16(17)21(26)25(11-10-24-12-14-27-15-13-24)22-23-20-18(29-2)8-5-9-19(20)30-22;/h3-9H,10-15H2,1-2H3;1H. The molecule has 0 spiro atoms. The SMILES string of the molecule is CSc1ccccc1C(=O)N(CCN1CCOCC1)c1nc2c(SC)cccc2s1.Cl. The predicted molar refractivity (Wildman–Crippen MR) is 136 cm³/mol. The molecule has 2 heterocycles. The van der Waals surface area contributed by atoms with Crippen LogP contribution in [0.25, 0.3) is 10.2 Å². The van der Waals surface area contributed by atoms with E-state index in [-0.39, 0.29) is 18.3 Å². The molecule has 1 aromatic heterocycles. The number of nitrogens with zero attached hydrogens (tertiary/aromatic N) is 3. The Hall–Kier alpha value is -1.29. The highest BCUT2D eigenvalue weighted by molar-refractivity contribution is 7.99. The number of amides is 1. The van der Waals surface area contributed by atoms with Crippen molar-refractivity contribution >= 4 is 68.5 Å². The average molecular weight is 496 g/mol. The van der Waals surface area contributed by atoms with Crippen LogP contribution in [-0.2, 0) is 4.74 Å². The summed E-state index contributed by atoms with van der Waals surface area (Å²) in [5.41, 5.74) is 1.71. The molecule has 31 heavy (non-hydrogen) atoms. The first-order valence-corrected chi connectivity index (χ1v) is 13.2. The van der Waals surface area contributed by atoms with Crippen molar-refractivity contribution in [3.8, 4) is 0 Å². The molecule has 166 valence electrons. The maximum Gasteiger partial charge on any atom is 0.261 e. The fourth-order valence-corrected chi connectivity index (χ4v) is 5.74. The fraction of sp³-hybridized carbons (Fsp3) is 0.364. The van der Waals surface area contributed by atoms with E-state index in [2.05, 4.69) is 29.4 Å². The molecule has 1 fully saturated rings. The molecule has 0 N–H and O–H groups in total. The average Bonchev–Trinajstić information content (AvgIpc) is 3.23. The third kappa shape index (κ3) is 5.56. The summed E-state index contributed by atoms with van der Waals surface area (Å²) in [4.78, 5) is 24.9. The van der Waals surface area contributed by atoms with Gasteiger partial charge in [-0.05, 0) is 36.8 Å². The van der Waals surface area contributed by atoms with Crippen LogP contribution >= 0.6 is 47.3 Å². The van der Waals surface area contributed by atoms with E-state index in [1.807, 2.05) is 35.4 Å². The molecule has 0 aliphatic carbocycles.